The molecule has 4 heterocycles. The highest BCUT2D eigenvalue weighted by molar-refractivity contribution is 7.26. The third-order valence-corrected chi connectivity index (χ3v) is 12.2. The van der Waals surface area contributed by atoms with Crippen molar-refractivity contribution in [2.45, 2.75) is 0 Å². The van der Waals surface area contributed by atoms with E-state index in [1.807, 2.05) is 41.7 Å². The predicted molar refractivity (Wildman–Crippen MR) is 236 cm³/mol. The minimum Gasteiger partial charge on any atom is -0.456 e. The average Bonchev–Trinajstić information content (AvgIpc) is 3.95. The standard InChI is InChI=1S/C51H30N4OS/c1-3-12-31(13-4-1)49-52-50(54-51(53-49)35-22-24-38-37-18-7-9-20-41(37)55(42(38)30-35)36-16-5-2-6-17-36)34-15-11-14-32(28-34)33-23-25-43-40(29-33)47-44(56-43)26-27-46-48(47)39-19-8-10-21-45(39)57-46/h1-30H. The van der Waals surface area contributed by atoms with Crippen LogP contribution in [0, 0.1) is 0 Å². The van der Waals surface area contributed by atoms with E-state index in [4.69, 9.17) is 19.4 Å². The van der Waals surface area contributed by atoms with E-state index in [0.29, 0.717) is 17.5 Å². The third-order valence-electron chi connectivity index (χ3n) is 11.0. The van der Waals surface area contributed by atoms with Gasteiger partial charge in [-0.2, -0.15) is 0 Å². The van der Waals surface area contributed by atoms with Gasteiger partial charge in [0.15, 0.2) is 17.5 Å². The van der Waals surface area contributed by atoms with E-state index < -0.39 is 0 Å². The molecule has 57 heavy (non-hydrogen) atoms. The Balaban J connectivity index is 1.02. The Hall–Kier alpha value is -7.41. The molecule has 0 N–H and O–H groups in total. The molecule has 0 aliphatic heterocycles. The maximum absolute atomic E-state index is 6.43. The molecule has 0 saturated heterocycles. The molecule has 266 valence electrons. The fourth-order valence-corrected chi connectivity index (χ4v) is 9.53. The van der Waals surface area contributed by atoms with Gasteiger partial charge < -0.3 is 8.98 Å². The summed E-state index contributed by atoms with van der Waals surface area (Å²) in [7, 11) is 0. The summed E-state index contributed by atoms with van der Waals surface area (Å²) in [5, 5.41) is 7.18. The summed E-state index contributed by atoms with van der Waals surface area (Å²) in [5.41, 5.74) is 10.1. The van der Waals surface area contributed by atoms with Crippen molar-refractivity contribution in [3.8, 4) is 51.0 Å². The van der Waals surface area contributed by atoms with E-state index in [1.165, 1.54) is 30.9 Å². The highest BCUT2D eigenvalue weighted by Crippen LogP contribution is 2.43. The lowest BCUT2D eigenvalue weighted by molar-refractivity contribution is 0.669. The van der Waals surface area contributed by atoms with E-state index in [2.05, 4.69) is 156 Å². The molecule has 12 aromatic rings. The van der Waals surface area contributed by atoms with Gasteiger partial charge in [0, 0.05) is 64.1 Å². The summed E-state index contributed by atoms with van der Waals surface area (Å²) in [6.07, 6.45) is 0. The molecule has 0 fully saturated rings. The normalized spacial score (nSPS) is 11.9. The molecule has 0 saturated carbocycles. The summed E-state index contributed by atoms with van der Waals surface area (Å²) in [6.45, 7) is 0. The quantitative estimate of drug-likeness (QED) is 0.176. The number of hydrogen-bond donors (Lipinski definition) is 0. The van der Waals surface area contributed by atoms with Gasteiger partial charge in [0.25, 0.3) is 0 Å². The third kappa shape index (κ3) is 5.12. The maximum atomic E-state index is 6.43. The number of hydrogen-bond acceptors (Lipinski definition) is 5. The van der Waals surface area contributed by atoms with Gasteiger partial charge in [-0.05, 0) is 71.8 Å². The fraction of sp³-hybridized carbons (Fsp3) is 0. The van der Waals surface area contributed by atoms with E-state index in [1.54, 1.807) is 0 Å². The van der Waals surface area contributed by atoms with E-state index in [9.17, 15) is 0 Å². The Bertz CT molecular complexity index is 3530. The number of thiophene rings is 1. The lowest BCUT2D eigenvalue weighted by Crippen LogP contribution is -2.00. The molecule has 4 aromatic heterocycles. The summed E-state index contributed by atoms with van der Waals surface area (Å²) in [4.78, 5) is 15.4. The minimum atomic E-state index is 0.616. The van der Waals surface area contributed by atoms with Crippen molar-refractivity contribution in [2.75, 3.05) is 0 Å². The molecular weight excluding hydrogens is 717 g/mol. The van der Waals surface area contributed by atoms with Crippen molar-refractivity contribution >= 4 is 75.3 Å². The zero-order valence-electron chi connectivity index (χ0n) is 30.4. The van der Waals surface area contributed by atoms with Gasteiger partial charge in [0.05, 0.1) is 11.0 Å². The summed E-state index contributed by atoms with van der Waals surface area (Å²) < 4.78 is 11.3. The van der Waals surface area contributed by atoms with Crippen molar-refractivity contribution in [1.29, 1.82) is 0 Å². The highest BCUT2D eigenvalue weighted by Gasteiger charge is 2.19. The molecule has 0 atom stereocenters. The molecule has 6 heteroatoms. The van der Waals surface area contributed by atoms with E-state index in [-0.39, 0.29) is 0 Å². The minimum absolute atomic E-state index is 0.616. The van der Waals surface area contributed by atoms with Gasteiger partial charge in [0.1, 0.15) is 11.2 Å². The molecule has 0 amide bonds. The molecule has 8 aromatic carbocycles. The van der Waals surface area contributed by atoms with Crippen LogP contribution in [-0.2, 0) is 0 Å². The number of rotatable bonds is 5. The number of aromatic nitrogens is 4. The number of furan rings is 1. The van der Waals surface area contributed by atoms with Crippen molar-refractivity contribution in [3.05, 3.63) is 182 Å². The molecule has 0 aliphatic carbocycles. The summed E-state index contributed by atoms with van der Waals surface area (Å²) in [6, 6.07) is 63.7. The first-order valence-corrected chi connectivity index (χ1v) is 19.8. The average molecular weight is 747 g/mol. The van der Waals surface area contributed by atoms with Crippen LogP contribution >= 0.6 is 11.3 Å². The van der Waals surface area contributed by atoms with Gasteiger partial charge in [-0.3, -0.25) is 0 Å². The first kappa shape index (κ1) is 31.9. The van der Waals surface area contributed by atoms with Crippen LogP contribution in [0.4, 0.5) is 0 Å². The van der Waals surface area contributed by atoms with Gasteiger partial charge in [-0.25, -0.2) is 15.0 Å². The zero-order chi connectivity index (χ0) is 37.5. The maximum Gasteiger partial charge on any atom is 0.164 e. The topological polar surface area (TPSA) is 56.7 Å². The second kappa shape index (κ2) is 12.6. The zero-order valence-corrected chi connectivity index (χ0v) is 31.2. The molecular formula is C51H30N4OS. The largest absolute Gasteiger partial charge is 0.456 e. The lowest BCUT2D eigenvalue weighted by Gasteiger charge is -2.11. The van der Waals surface area contributed by atoms with E-state index >= 15 is 0 Å². The van der Waals surface area contributed by atoms with Gasteiger partial charge in [-0.15, -0.1) is 11.3 Å². The van der Waals surface area contributed by atoms with Crippen molar-refractivity contribution in [1.82, 2.24) is 19.5 Å². The fourth-order valence-electron chi connectivity index (χ4n) is 8.42. The monoisotopic (exact) mass is 746 g/mol. The van der Waals surface area contributed by atoms with Crippen molar-refractivity contribution in [3.63, 3.8) is 0 Å². The molecule has 0 unspecified atom stereocenters. The van der Waals surface area contributed by atoms with Crippen LogP contribution in [0.25, 0.3) is 115 Å². The summed E-state index contributed by atoms with van der Waals surface area (Å²) in [5.74, 6) is 1.86. The van der Waals surface area contributed by atoms with Crippen LogP contribution in [0.1, 0.15) is 0 Å². The SMILES string of the molecule is c1ccc(-c2nc(-c3cccc(-c4ccc5oc6ccc7sc8ccccc8c7c6c5c4)c3)nc(-c3ccc4c5ccccc5n(-c5ccccc5)c4c3)n2)cc1. The van der Waals surface area contributed by atoms with Crippen LogP contribution in [0.5, 0.6) is 0 Å². The summed E-state index contributed by atoms with van der Waals surface area (Å²) >= 11 is 1.83. The second-order valence-electron chi connectivity index (χ2n) is 14.4. The molecule has 0 bridgehead atoms. The Morgan fingerprint density at radius 1 is 0.368 bits per heavy atom. The van der Waals surface area contributed by atoms with Crippen LogP contribution in [-0.4, -0.2) is 19.5 Å². The molecule has 0 aliphatic rings. The van der Waals surface area contributed by atoms with Gasteiger partial charge in [-0.1, -0.05) is 121 Å². The van der Waals surface area contributed by atoms with Crippen LogP contribution in [0.3, 0.4) is 0 Å². The number of para-hydroxylation sites is 2. The first-order chi connectivity index (χ1) is 28.2. The Morgan fingerprint density at radius 2 is 0.982 bits per heavy atom. The van der Waals surface area contributed by atoms with E-state index in [0.717, 1.165) is 66.5 Å². The second-order valence-corrected chi connectivity index (χ2v) is 15.5. The Labute approximate surface area is 330 Å². The predicted octanol–water partition coefficient (Wildman–Crippen LogP) is 13.9. The van der Waals surface area contributed by atoms with Crippen molar-refractivity contribution < 1.29 is 4.42 Å². The van der Waals surface area contributed by atoms with Crippen LogP contribution < -0.4 is 0 Å². The van der Waals surface area contributed by atoms with Gasteiger partial charge in [0.2, 0.25) is 0 Å². The van der Waals surface area contributed by atoms with Crippen molar-refractivity contribution in [2.24, 2.45) is 0 Å². The first-order valence-electron chi connectivity index (χ1n) is 19.0. The number of fused-ring (bicyclic) bond motifs is 10. The number of nitrogens with zero attached hydrogens (tertiary/aromatic N) is 4. The lowest BCUT2D eigenvalue weighted by atomic mass is 9.99. The number of benzene rings is 8. The Morgan fingerprint density at radius 3 is 1.82 bits per heavy atom. The smallest absolute Gasteiger partial charge is 0.164 e. The molecule has 0 spiro atoms. The molecule has 0 radical (unpaired) electrons. The van der Waals surface area contributed by atoms with Crippen LogP contribution in [0.15, 0.2) is 186 Å². The highest BCUT2D eigenvalue weighted by atomic mass is 32.1. The molecule has 12 rings (SSSR count). The molecule has 5 nitrogen and oxygen atoms in total. The van der Waals surface area contributed by atoms with Crippen LogP contribution in [0.2, 0.25) is 0 Å². The Kier molecular flexibility index (Phi) is 7.03. The van der Waals surface area contributed by atoms with Gasteiger partial charge >= 0.3 is 0 Å².